The van der Waals surface area contributed by atoms with E-state index in [1.54, 1.807) is 0 Å². The molecule has 0 aliphatic heterocycles. The smallest absolute Gasteiger partial charge is 0.269 e. The Labute approximate surface area is 84.5 Å². The lowest BCUT2D eigenvalue weighted by molar-refractivity contribution is -0.115. The Hall–Kier alpha value is -1.31. The van der Waals surface area contributed by atoms with Crippen LogP contribution in [0.25, 0.3) is 0 Å². The van der Waals surface area contributed by atoms with Crippen LogP contribution in [0.5, 0.6) is 0 Å². The molecule has 4 nitrogen and oxygen atoms in total. The van der Waals surface area contributed by atoms with Crippen LogP contribution in [0, 0.1) is 0 Å². The second-order valence-electron chi connectivity index (χ2n) is 2.34. The molecule has 0 saturated heterocycles. The van der Waals surface area contributed by atoms with Gasteiger partial charge in [0, 0.05) is 6.08 Å². The van der Waals surface area contributed by atoms with Gasteiger partial charge in [-0.1, -0.05) is 12.2 Å². The molecule has 15 heavy (non-hydrogen) atoms. The van der Waals surface area contributed by atoms with Crippen molar-refractivity contribution in [2.45, 2.75) is 11.9 Å². The summed E-state index contributed by atoms with van der Waals surface area (Å²) in [7, 11) is -5.61. The lowest BCUT2D eigenvalue weighted by Gasteiger charge is -2.07. The van der Waals surface area contributed by atoms with E-state index in [4.69, 9.17) is 0 Å². The van der Waals surface area contributed by atoms with Gasteiger partial charge in [-0.25, -0.2) is 4.72 Å². The third-order valence-electron chi connectivity index (χ3n) is 1.11. The molecule has 0 aromatic carbocycles. The Bertz CT molecular complexity index is 369. The van der Waals surface area contributed by atoms with Crippen molar-refractivity contribution in [2.24, 2.45) is 0 Å². The first kappa shape index (κ1) is 13.7. The average molecular weight is 243 g/mol. The lowest BCUT2D eigenvalue weighted by atomic mass is 10.4. The molecule has 0 unspecified atom stereocenters. The molecule has 0 heterocycles. The third kappa shape index (κ3) is 4.63. The van der Waals surface area contributed by atoms with Crippen molar-refractivity contribution in [3.05, 3.63) is 24.8 Å². The van der Waals surface area contributed by atoms with Crippen molar-refractivity contribution in [1.82, 2.24) is 4.72 Å². The standard InChI is InChI=1S/C7H8F3NO3S/c1-2-3-4-5-6(12)11-15(13,14)7(8,9)10/h2,4-5H,1,3H2,(H,11,12)/b5-4+. The van der Waals surface area contributed by atoms with Crippen molar-refractivity contribution < 1.29 is 26.4 Å². The van der Waals surface area contributed by atoms with Gasteiger partial charge < -0.3 is 0 Å². The van der Waals surface area contributed by atoms with Crippen LogP contribution in [0.4, 0.5) is 13.2 Å². The number of allylic oxidation sites excluding steroid dienone is 2. The summed E-state index contributed by atoms with van der Waals surface area (Å²) in [4.78, 5) is 10.7. The van der Waals surface area contributed by atoms with E-state index in [2.05, 4.69) is 6.58 Å². The molecule has 1 N–H and O–H groups in total. The number of amides is 1. The van der Waals surface area contributed by atoms with Crippen molar-refractivity contribution >= 4 is 15.9 Å². The zero-order valence-electron chi connectivity index (χ0n) is 7.41. The Morgan fingerprint density at radius 1 is 1.40 bits per heavy atom. The minimum Gasteiger partial charge on any atom is -0.269 e. The van der Waals surface area contributed by atoms with Gasteiger partial charge in [0.05, 0.1) is 0 Å². The highest BCUT2D eigenvalue weighted by Crippen LogP contribution is 2.21. The fraction of sp³-hybridized carbons (Fsp3) is 0.286. The molecule has 0 rings (SSSR count). The molecule has 0 spiro atoms. The first-order valence-corrected chi connectivity index (χ1v) is 5.09. The fourth-order valence-corrected chi connectivity index (χ4v) is 0.944. The SMILES string of the molecule is C=CC/C=C/C(=O)NS(=O)(=O)C(F)(F)F. The molecule has 0 aliphatic carbocycles. The molecule has 86 valence electrons. The zero-order valence-corrected chi connectivity index (χ0v) is 8.23. The molecule has 0 atom stereocenters. The predicted molar refractivity (Wildman–Crippen MR) is 47.1 cm³/mol. The summed E-state index contributed by atoms with van der Waals surface area (Å²) in [6.45, 7) is 3.29. The van der Waals surface area contributed by atoms with Gasteiger partial charge in [-0.15, -0.1) is 6.58 Å². The number of rotatable bonds is 4. The minimum atomic E-state index is -5.61. The number of halogens is 3. The second-order valence-corrected chi connectivity index (χ2v) is 4.02. The summed E-state index contributed by atoms with van der Waals surface area (Å²) in [5, 5.41) is 0. The maximum Gasteiger partial charge on any atom is 0.516 e. The van der Waals surface area contributed by atoms with Gasteiger partial charge in [0.1, 0.15) is 0 Å². The van der Waals surface area contributed by atoms with Crippen LogP contribution in [0.1, 0.15) is 6.42 Å². The molecule has 0 fully saturated rings. The van der Waals surface area contributed by atoms with Gasteiger partial charge in [0.25, 0.3) is 5.91 Å². The highest BCUT2D eigenvalue weighted by molar-refractivity contribution is 7.90. The van der Waals surface area contributed by atoms with Crippen LogP contribution in [-0.2, 0) is 14.8 Å². The number of carbonyl (C=O) groups excluding carboxylic acids is 1. The Kier molecular flexibility index (Phi) is 4.53. The summed E-state index contributed by atoms with van der Waals surface area (Å²) in [5.74, 6) is -1.35. The topological polar surface area (TPSA) is 63.2 Å². The van der Waals surface area contributed by atoms with E-state index in [0.29, 0.717) is 6.08 Å². The van der Waals surface area contributed by atoms with Gasteiger partial charge in [0.15, 0.2) is 0 Å². The van der Waals surface area contributed by atoms with Gasteiger partial charge in [-0.3, -0.25) is 4.79 Å². The van der Waals surface area contributed by atoms with E-state index in [0.717, 1.165) is 4.72 Å². The van der Waals surface area contributed by atoms with Crippen LogP contribution in [0.15, 0.2) is 24.8 Å². The van der Waals surface area contributed by atoms with Gasteiger partial charge in [-0.05, 0) is 6.42 Å². The summed E-state index contributed by atoms with van der Waals surface area (Å²) < 4.78 is 56.8. The molecular weight excluding hydrogens is 235 g/mol. The van der Waals surface area contributed by atoms with Crippen LogP contribution in [0.3, 0.4) is 0 Å². The minimum absolute atomic E-state index is 0.249. The average Bonchev–Trinajstić information content (AvgIpc) is 2.01. The number of nitrogens with one attached hydrogen (secondary N) is 1. The number of alkyl halides is 3. The van der Waals surface area contributed by atoms with Crippen molar-refractivity contribution in [2.75, 3.05) is 0 Å². The summed E-state index contributed by atoms with van der Waals surface area (Å²) in [6.07, 6.45) is 3.50. The van der Waals surface area contributed by atoms with E-state index in [1.165, 1.54) is 12.2 Å². The summed E-state index contributed by atoms with van der Waals surface area (Å²) in [6, 6.07) is 0. The van der Waals surface area contributed by atoms with E-state index >= 15 is 0 Å². The third-order valence-corrected chi connectivity index (χ3v) is 2.19. The van der Waals surface area contributed by atoms with Crippen molar-refractivity contribution in [3.8, 4) is 0 Å². The van der Waals surface area contributed by atoms with Crippen LogP contribution < -0.4 is 4.72 Å². The Morgan fingerprint density at radius 2 is 1.93 bits per heavy atom. The number of sulfonamides is 1. The van der Waals surface area contributed by atoms with Crippen molar-refractivity contribution in [3.63, 3.8) is 0 Å². The highest BCUT2D eigenvalue weighted by atomic mass is 32.2. The normalized spacial score (nSPS) is 12.7. The highest BCUT2D eigenvalue weighted by Gasteiger charge is 2.46. The molecule has 0 radical (unpaired) electrons. The van der Waals surface area contributed by atoms with Gasteiger partial charge in [0.2, 0.25) is 0 Å². The first-order chi connectivity index (χ1) is 6.70. The molecule has 0 saturated carbocycles. The summed E-state index contributed by atoms with van der Waals surface area (Å²) >= 11 is 0. The molecule has 0 bridgehead atoms. The van der Waals surface area contributed by atoms with Crippen molar-refractivity contribution in [1.29, 1.82) is 0 Å². The van der Waals surface area contributed by atoms with E-state index < -0.39 is 21.4 Å². The van der Waals surface area contributed by atoms with Gasteiger partial charge in [-0.2, -0.15) is 21.6 Å². The predicted octanol–water partition coefficient (Wildman–Crippen LogP) is 1.08. The number of hydrogen-bond acceptors (Lipinski definition) is 3. The maximum atomic E-state index is 11.7. The van der Waals surface area contributed by atoms with E-state index in [-0.39, 0.29) is 6.42 Å². The second kappa shape index (κ2) is 4.96. The number of carbonyl (C=O) groups is 1. The molecular formula is C7H8F3NO3S. The van der Waals surface area contributed by atoms with Crippen LogP contribution in [0.2, 0.25) is 0 Å². The fourth-order valence-electron chi connectivity index (χ4n) is 0.496. The molecule has 0 aromatic rings. The Balaban J connectivity index is 4.50. The maximum absolute atomic E-state index is 11.7. The molecule has 0 aliphatic rings. The van der Waals surface area contributed by atoms with E-state index in [1.807, 2.05) is 0 Å². The first-order valence-electron chi connectivity index (χ1n) is 3.61. The van der Waals surface area contributed by atoms with Crippen LogP contribution >= 0.6 is 0 Å². The molecule has 8 heteroatoms. The largest absolute Gasteiger partial charge is 0.516 e. The van der Waals surface area contributed by atoms with E-state index in [9.17, 15) is 26.4 Å². The van der Waals surface area contributed by atoms with Gasteiger partial charge >= 0.3 is 15.5 Å². The van der Waals surface area contributed by atoms with Crippen LogP contribution in [-0.4, -0.2) is 19.8 Å². The summed E-state index contributed by atoms with van der Waals surface area (Å²) in [5.41, 5.74) is -5.49. The number of hydrogen-bond donors (Lipinski definition) is 1. The quantitative estimate of drug-likeness (QED) is 0.593. The molecule has 0 aromatic heterocycles. The molecule has 1 amide bonds. The monoisotopic (exact) mass is 243 g/mol. The Morgan fingerprint density at radius 3 is 2.33 bits per heavy atom. The lowest BCUT2D eigenvalue weighted by Crippen LogP contribution is -2.39. The zero-order chi connectivity index (χ0) is 12.1.